The normalized spacial score (nSPS) is 7.60. The first kappa shape index (κ1) is 12.1. The summed E-state index contributed by atoms with van der Waals surface area (Å²) in [5, 5.41) is 2.53. The van der Waals surface area contributed by atoms with Crippen molar-refractivity contribution in [3.8, 4) is 0 Å². The quantitative estimate of drug-likeness (QED) is 0.471. The number of nitrogens with two attached hydrogens (primary N) is 2. The summed E-state index contributed by atoms with van der Waals surface area (Å²) >= 11 is 0. The Hall–Kier alpha value is -0.610. The molecule has 10 heavy (non-hydrogen) atoms. The highest BCUT2D eigenvalue weighted by atomic mass is 16.1. The Kier molecular flexibility index (Phi) is 13.6. The van der Waals surface area contributed by atoms with E-state index in [1.54, 1.807) is 0 Å². The van der Waals surface area contributed by atoms with Crippen LogP contribution in [-0.4, -0.2) is 25.5 Å². The van der Waals surface area contributed by atoms with E-state index in [2.05, 4.69) is 5.32 Å². The molecule has 1 amide bonds. The molecule has 0 aliphatic rings. The lowest BCUT2D eigenvalue weighted by Gasteiger charge is -1.93. The van der Waals surface area contributed by atoms with E-state index in [-0.39, 0.29) is 5.91 Å². The third-order valence-corrected chi connectivity index (χ3v) is 0.518. The van der Waals surface area contributed by atoms with Gasteiger partial charge in [0.25, 0.3) is 0 Å². The van der Waals surface area contributed by atoms with Crippen molar-refractivity contribution >= 4 is 5.91 Å². The van der Waals surface area contributed by atoms with Crippen molar-refractivity contribution in [1.29, 1.82) is 0 Å². The molecule has 62 valence electrons. The zero-order valence-electron chi connectivity index (χ0n) is 6.68. The van der Waals surface area contributed by atoms with Gasteiger partial charge in [0.05, 0.1) is 0 Å². The van der Waals surface area contributed by atoms with Crippen LogP contribution in [0.5, 0.6) is 0 Å². The van der Waals surface area contributed by atoms with Crippen LogP contribution in [0.25, 0.3) is 0 Å². The van der Waals surface area contributed by atoms with Gasteiger partial charge in [-0.15, -0.1) is 0 Å². The summed E-state index contributed by atoms with van der Waals surface area (Å²) in [5.74, 6) is -0.0227. The largest absolute Gasteiger partial charge is 0.355 e. The third-order valence-electron chi connectivity index (χ3n) is 0.518. The van der Waals surface area contributed by atoms with Crippen molar-refractivity contribution in [3.05, 3.63) is 0 Å². The van der Waals surface area contributed by atoms with Crippen molar-refractivity contribution in [1.82, 2.24) is 5.32 Å². The van der Waals surface area contributed by atoms with Gasteiger partial charge in [-0.25, -0.2) is 0 Å². The molecule has 0 unspecified atom stereocenters. The summed E-state index contributed by atoms with van der Waals surface area (Å²) in [7, 11) is 0. The van der Waals surface area contributed by atoms with Gasteiger partial charge >= 0.3 is 0 Å². The number of nitrogens with one attached hydrogen (secondary N) is 1. The molecule has 0 spiro atoms. The van der Waals surface area contributed by atoms with Gasteiger partial charge in [-0.1, -0.05) is 6.92 Å². The summed E-state index contributed by atoms with van der Waals surface area (Å²) < 4.78 is 0. The maximum Gasteiger partial charge on any atom is 0.216 e. The van der Waals surface area contributed by atoms with Gasteiger partial charge in [0.1, 0.15) is 0 Å². The number of hydrogen-bond acceptors (Lipinski definition) is 3. The Morgan fingerprint density at radius 1 is 1.50 bits per heavy atom. The predicted molar refractivity (Wildman–Crippen MR) is 42.5 cm³/mol. The van der Waals surface area contributed by atoms with E-state index in [0.29, 0.717) is 13.1 Å². The molecule has 0 aliphatic carbocycles. The molecule has 4 heteroatoms. The molecule has 0 aromatic rings. The van der Waals surface area contributed by atoms with Crippen LogP contribution in [0.4, 0.5) is 0 Å². The average molecular weight is 147 g/mol. The van der Waals surface area contributed by atoms with Crippen LogP contribution in [0.1, 0.15) is 13.8 Å². The standard InChI is InChI=1S/C4H10N2O.C2H7N/c1-4(7)6-3-2-5;1-2-3/h2-3,5H2,1H3,(H,6,7);2-3H2,1H3. The van der Waals surface area contributed by atoms with Crippen LogP contribution >= 0.6 is 0 Å². The first-order valence-electron chi connectivity index (χ1n) is 3.33. The van der Waals surface area contributed by atoms with Crippen LogP contribution < -0.4 is 16.8 Å². The number of amides is 1. The van der Waals surface area contributed by atoms with Crippen LogP contribution in [0, 0.1) is 0 Å². The molecule has 4 nitrogen and oxygen atoms in total. The molecular formula is C6H17N3O. The minimum Gasteiger partial charge on any atom is -0.355 e. The molecule has 0 radical (unpaired) electrons. The second kappa shape index (κ2) is 11.2. The molecule has 0 fully saturated rings. The zero-order chi connectivity index (χ0) is 8.41. The van der Waals surface area contributed by atoms with Crippen LogP contribution in [0.15, 0.2) is 0 Å². The monoisotopic (exact) mass is 147 g/mol. The Morgan fingerprint density at radius 2 is 1.90 bits per heavy atom. The Morgan fingerprint density at radius 3 is 2.00 bits per heavy atom. The number of carbonyl (C=O) groups excluding carboxylic acids is 1. The molecule has 0 aliphatic heterocycles. The van der Waals surface area contributed by atoms with Crippen molar-refractivity contribution in [2.75, 3.05) is 19.6 Å². The highest BCUT2D eigenvalue weighted by Crippen LogP contribution is 1.54. The fourth-order valence-electron chi connectivity index (χ4n) is 0.248. The van der Waals surface area contributed by atoms with Crippen molar-refractivity contribution < 1.29 is 4.79 Å². The molecule has 0 aromatic heterocycles. The highest BCUT2D eigenvalue weighted by molar-refractivity contribution is 5.72. The number of rotatable bonds is 2. The molecule has 0 bridgehead atoms. The molecule has 0 saturated heterocycles. The second-order valence-corrected chi connectivity index (χ2v) is 1.68. The smallest absolute Gasteiger partial charge is 0.216 e. The van der Waals surface area contributed by atoms with Crippen LogP contribution in [0.3, 0.4) is 0 Å². The molecule has 0 saturated carbocycles. The minimum atomic E-state index is -0.0227. The van der Waals surface area contributed by atoms with Crippen molar-refractivity contribution in [2.45, 2.75) is 13.8 Å². The summed E-state index contributed by atoms with van der Waals surface area (Å²) in [6.07, 6.45) is 0. The van der Waals surface area contributed by atoms with Gasteiger partial charge in [0.15, 0.2) is 0 Å². The lowest BCUT2D eigenvalue weighted by molar-refractivity contribution is -0.118. The highest BCUT2D eigenvalue weighted by Gasteiger charge is 1.83. The SMILES string of the molecule is CC(=O)NCCN.CCN. The number of hydrogen-bond donors (Lipinski definition) is 3. The predicted octanol–water partition coefficient (Wildman–Crippen LogP) is -0.954. The Balaban J connectivity index is 0. The summed E-state index contributed by atoms with van der Waals surface area (Å²) in [6, 6.07) is 0. The second-order valence-electron chi connectivity index (χ2n) is 1.68. The summed E-state index contributed by atoms with van der Waals surface area (Å²) in [4.78, 5) is 10.0. The number of carbonyl (C=O) groups is 1. The molecule has 0 rings (SSSR count). The van der Waals surface area contributed by atoms with E-state index >= 15 is 0 Å². The van der Waals surface area contributed by atoms with Crippen molar-refractivity contribution in [2.24, 2.45) is 11.5 Å². The van der Waals surface area contributed by atoms with E-state index in [0.717, 1.165) is 6.54 Å². The fourth-order valence-corrected chi connectivity index (χ4v) is 0.248. The van der Waals surface area contributed by atoms with Crippen LogP contribution in [0.2, 0.25) is 0 Å². The van der Waals surface area contributed by atoms with E-state index in [1.807, 2.05) is 6.92 Å². The van der Waals surface area contributed by atoms with Gasteiger partial charge in [-0.05, 0) is 6.54 Å². The van der Waals surface area contributed by atoms with Crippen LogP contribution in [-0.2, 0) is 4.79 Å². The Labute approximate surface area is 62.0 Å². The first-order valence-corrected chi connectivity index (χ1v) is 3.33. The molecule has 0 aromatic carbocycles. The van der Waals surface area contributed by atoms with Gasteiger partial charge in [-0.3, -0.25) is 4.79 Å². The fraction of sp³-hybridized carbons (Fsp3) is 0.833. The molecule has 0 heterocycles. The zero-order valence-corrected chi connectivity index (χ0v) is 6.68. The average Bonchev–Trinajstić information content (AvgIpc) is 1.85. The summed E-state index contributed by atoms with van der Waals surface area (Å²) in [6.45, 7) is 5.21. The van der Waals surface area contributed by atoms with E-state index in [1.165, 1.54) is 6.92 Å². The summed E-state index contributed by atoms with van der Waals surface area (Å²) in [5.41, 5.74) is 9.91. The molecule has 0 atom stereocenters. The van der Waals surface area contributed by atoms with E-state index in [4.69, 9.17) is 11.5 Å². The van der Waals surface area contributed by atoms with Crippen molar-refractivity contribution in [3.63, 3.8) is 0 Å². The topological polar surface area (TPSA) is 81.1 Å². The maximum atomic E-state index is 10.0. The third kappa shape index (κ3) is 26.3. The van der Waals surface area contributed by atoms with E-state index < -0.39 is 0 Å². The van der Waals surface area contributed by atoms with Gasteiger partial charge in [-0.2, -0.15) is 0 Å². The Bertz CT molecular complexity index is 75.4. The lowest BCUT2D eigenvalue weighted by atomic mass is 10.6. The van der Waals surface area contributed by atoms with Gasteiger partial charge < -0.3 is 16.8 Å². The van der Waals surface area contributed by atoms with E-state index in [9.17, 15) is 4.79 Å². The maximum absolute atomic E-state index is 10.0. The first-order chi connectivity index (χ1) is 4.68. The molecule has 5 N–H and O–H groups in total. The van der Waals surface area contributed by atoms with Gasteiger partial charge in [0, 0.05) is 20.0 Å². The minimum absolute atomic E-state index is 0.0227. The van der Waals surface area contributed by atoms with Gasteiger partial charge in [0.2, 0.25) is 5.91 Å². The molecular weight excluding hydrogens is 130 g/mol. The lowest BCUT2D eigenvalue weighted by Crippen LogP contribution is -2.26.